The molecule has 0 amide bonds. The van der Waals surface area contributed by atoms with E-state index in [1.165, 1.54) is 0 Å². The maximum absolute atomic E-state index is 10.6. The first-order valence-corrected chi connectivity index (χ1v) is 3.66. The van der Waals surface area contributed by atoms with Gasteiger partial charge in [-0.05, 0) is 12.8 Å². The lowest BCUT2D eigenvalue weighted by molar-refractivity contribution is -0.183. The van der Waals surface area contributed by atoms with Crippen molar-refractivity contribution in [1.29, 1.82) is 0 Å². The van der Waals surface area contributed by atoms with Crippen LogP contribution in [0.4, 0.5) is 0 Å². The molecule has 0 spiro atoms. The minimum absolute atomic E-state index is 0.393. The third kappa shape index (κ3) is 1.67. The Morgan fingerprint density at radius 3 is 2.45 bits per heavy atom. The molecule has 1 aliphatic rings. The molecule has 0 unspecified atom stereocenters. The summed E-state index contributed by atoms with van der Waals surface area (Å²) < 4.78 is 4.17. The van der Waals surface area contributed by atoms with Gasteiger partial charge < -0.3 is 4.74 Å². The zero-order valence-electron chi connectivity index (χ0n) is 6.37. The second-order valence-corrected chi connectivity index (χ2v) is 2.41. The molecule has 3 heteroatoms. The number of allylic oxidation sites excluding steroid dienone is 2. The van der Waals surface area contributed by atoms with Crippen molar-refractivity contribution in [1.82, 2.24) is 0 Å². The molecule has 0 bridgehead atoms. The van der Waals surface area contributed by atoms with Crippen LogP contribution in [0.15, 0.2) is 12.2 Å². The lowest BCUT2D eigenvalue weighted by Gasteiger charge is -2.19. The lowest BCUT2D eigenvalue weighted by atomic mass is 10.0. The molecule has 0 aliphatic carbocycles. The van der Waals surface area contributed by atoms with Gasteiger partial charge >= 0.3 is 11.9 Å². The summed E-state index contributed by atoms with van der Waals surface area (Å²) in [6.07, 6.45) is 5.18. The van der Waals surface area contributed by atoms with Crippen molar-refractivity contribution in [3.8, 4) is 0 Å². The summed E-state index contributed by atoms with van der Waals surface area (Å²) >= 11 is 0. The molecular formula is C8H10O3. The molecule has 0 aromatic rings. The van der Waals surface area contributed by atoms with Crippen LogP contribution in [0.25, 0.3) is 0 Å². The molecule has 1 fully saturated rings. The summed E-state index contributed by atoms with van der Waals surface area (Å²) in [5, 5.41) is 0. The van der Waals surface area contributed by atoms with Crippen molar-refractivity contribution in [3.63, 3.8) is 0 Å². The van der Waals surface area contributed by atoms with Crippen LogP contribution in [0, 0.1) is 5.92 Å². The van der Waals surface area contributed by atoms with Gasteiger partial charge in [-0.15, -0.1) is 0 Å². The smallest absolute Gasteiger partial charge is 0.328 e. The van der Waals surface area contributed by atoms with Gasteiger partial charge in [0.25, 0.3) is 0 Å². The van der Waals surface area contributed by atoms with E-state index in [1.807, 2.05) is 19.1 Å². The fourth-order valence-corrected chi connectivity index (χ4v) is 0.871. The van der Waals surface area contributed by atoms with Crippen molar-refractivity contribution in [2.45, 2.75) is 19.8 Å². The SMILES string of the molecule is CC/C=C/CC1C(=O)OC1=O. The first-order chi connectivity index (χ1) is 5.25. The molecule has 0 saturated carbocycles. The highest BCUT2D eigenvalue weighted by molar-refractivity contribution is 6.09. The zero-order valence-corrected chi connectivity index (χ0v) is 6.37. The first kappa shape index (κ1) is 7.98. The van der Waals surface area contributed by atoms with Gasteiger partial charge in [0, 0.05) is 0 Å². The molecule has 0 radical (unpaired) electrons. The van der Waals surface area contributed by atoms with Crippen LogP contribution < -0.4 is 0 Å². The van der Waals surface area contributed by atoms with Crippen molar-refractivity contribution in [2.24, 2.45) is 5.92 Å². The zero-order chi connectivity index (χ0) is 8.27. The van der Waals surface area contributed by atoms with E-state index in [-0.39, 0.29) is 0 Å². The monoisotopic (exact) mass is 154 g/mol. The topological polar surface area (TPSA) is 43.4 Å². The van der Waals surface area contributed by atoms with E-state index in [2.05, 4.69) is 4.74 Å². The van der Waals surface area contributed by atoms with Crippen molar-refractivity contribution < 1.29 is 14.3 Å². The Morgan fingerprint density at radius 1 is 1.36 bits per heavy atom. The van der Waals surface area contributed by atoms with E-state index in [4.69, 9.17) is 0 Å². The van der Waals surface area contributed by atoms with Gasteiger partial charge in [-0.3, -0.25) is 9.59 Å². The number of ether oxygens (including phenoxy) is 1. The average Bonchev–Trinajstić information content (AvgIpc) is 1.98. The number of carbonyl (C=O) groups is 2. The summed E-state index contributed by atoms with van der Waals surface area (Å²) in [5.74, 6) is -1.30. The third-order valence-corrected chi connectivity index (χ3v) is 1.54. The standard InChI is InChI=1S/C8H10O3/c1-2-3-4-5-6-7(9)11-8(6)10/h3-4,6H,2,5H2,1H3/b4-3+. The fraction of sp³-hybridized carbons (Fsp3) is 0.500. The van der Waals surface area contributed by atoms with E-state index in [1.54, 1.807) is 0 Å². The molecule has 0 aromatic carbocycles. The molecule has 0 atom stereocenters. The van der Waals surface area contributed by atoms with Crippen LogP contribution in [0.5, 0.6) is 0 Å². The molecule has 60 valence electrons. The third-order valence-electron chi connectivity index (χ3n) is 1.54. The lowest BCUT2D eigenvalue weighted by Crippen LogP contribution is -2.40. The molecule has 1 aliphatic heterocycles. The van der Waals surface area contributed by atoms with E-state index < -0.39 is 17.9 Å². The Balaban J connectivity index is 2.31. The van der Waals surface area contributed by atoms with Crippen molar-refractivity contribution in [3.05, 3.63) is 12.2 Å². The number of hydrogen-bond donors (Lipinski definition) is 0. The second-order valence-electron chi connectivity index (χ2n) is 2.41. The van der Waals surface area contributed by atoms with Crippen LogP contribution in [0.3, 0.4) is 0 Å². The van der Waals surface area contributed by atoms with E-state index in [9.17, 15) is 9.59 Å². The highest BCUT2D eigenvalue weighted by Gasteiger charge is 2.40. The molecular weight excluding hydrogens is 144 g/mol. The number of cyclic esters (lactones) is 2. The molecule has 0 aromatic heterocycles. The van der Waals surface area contributed by atoms with Crippen molar-refractivity contribution in [2.75, 3.05) is 0 Å². The number of esters is 2. The maximum Gasteiger partial charge on any atom is 0.328 e. The average molecular weight is 154 g/mol. The predicted molar refractivity (Wildman–Crippen MR) is 38.6 cm³/mol. The minimum Gasteiger partial charge on any atom is -0.392 e. The molecule has 0 N–H and O–H groups in total. The van der Waals surface area contributed by atoms with Gasteiger partial charge in [-0.25, -0.2) is 0 Å². The number of hydrogen-bond acceptors (Lipinski definition) is 3. The normalized spacial score (nSPS) is 18.6. The van der Waals surface area contributed by atoms with Crippen LogP contribution in [-0.2, 0) is 14.3 Å². The van der Waals surface area contributed by atoms with Gasteiger partial charge in [0.05, 0.1) is 0 Å². The maximum atomic E-state index is 10.6. The van der Waals surface area contributed by atoms with E-state index in [0.29, 0.717) is 6.42 Å². The molecule has 11 heavy (non-hydrogen) atoms. The van der Waals surface area contributed by atoms with Crippen LogP contribution in [0.2, 0.25) is 0 Å². The van der Waals surface area contributed by atoms with Gasteiger partial charge in [0.1, 0.15) is 0 Å². The van der Waals surface area contributed by atoms with Crippen LogP contribution in [-0.4, -0.2) is 11.9 Å². The first-order valence-electron chi connectivity index (χ1n) is 3.66. The highest BCUT2D eigenvalue weighted by atomic mass is 16.6. The van der Waals surface area contributed by atoms with Gasteiger partial charge in [0.2, 0.25) is 0 Å². The van der Waals surface area contributed by atoms with Crippen LogP contribution in [0.1, 0.15) is 19.8 Å². The number of rotatable bonds is 3. The Morgan fingerprint density at radius 2 is 2.00 bits per heavy atom. The largest absolute Gasteiger partial charge is 0.392 e. The van der Waals surface area contributed by atoms with Gasteiger partial charge in [0.15, 0.2) is 5.92 Å². The minimum atomic E-state index is -0.516. The summed E-state index contributed by atoms with van der Waals surface area (Å²) in [5.41, 5.74) is 0. The quantitative estimate of drug-likeness (QED) is 0.346. The second kappa shape index (κ2) is 3.32. The van der Waals surface area contributed by atoms with Gasteiger partial charge in [-0.2, -0.15) is 0 Å². The summed E-state index contributed by atoms with van der Waals surface area (Å²) in [4.78, 5) is 21.1. The summed E-state index contributed by atoms with van der Waals surface area (Å²) in [6, 6.07) is 0. The highest BCUT2D eigenvalue weighted by Crippen LogP contribution is 2.18. The van der Waals surface area contributed by atoms with Crippen molar-refractivity contribution >= 4 is 11.9 Å². The van der Waals surface area contributed by atoms with E-state index in [0.717, 1.165) is 6.42 Å². The molecule has 3 nitrogen and oxygen atoms in total. The predicted octanol–water partition coefficient (Wildman–Crippen LogP) is 1.04. The Labute approximate surface area is 65.0 Å². The Hall–Kier alpha value is -1.12. The Kier molecular flexibility index (Phi) is 2.41. The molecule has 1 heterocycles. The molecule has 1 saturated heterocycles. The summed E-state index contributed by atoms with van der Waals surface area (Å²) in [7, 11) is 0. The van der Waals surface area contributed by atoms with Gasteiger partial charge in [-0.1, -0.05) is 19.1 Å². The van der Waals surface area contributed by atoms with E-state index >= 15 is 0 Å². The number of carbonyl (C=O) groups excluding carboxylic acids is 2. The Bertz CT molecular complexity index is 191. The molecule has 1 rings (SSSR count). The van der Waals surface area contributed by atoms with Crippen LogP contribution >= 0.6 is 0 Å². The summed E-state index contributed by atoms with van der Waals surface area (Å²) in [6.45, 7) is 2.00. The fourth-order valence-electron chi connectivity index (χ4n) is 0.871.